The van der Waals surface area contributed by atoms with E-state index in [4.69, 9.17) is 9.47 Å². The summed E-state index contributed by atoms with van der Waals surface area (Å²) in [5.74, 6) is -0.694. The second kappa shape index (κ2) is 6.67. The van der Waals surface area contributed by atoms with Crippen LogP contribution < -0.4 is 9.47 Å². The van der Waals surface area contributed by atoms with Crippen LogP contribution in [0.4, 0.5) is 9.59 Å². The van der Waals surface area contributed by atoms with Gasteiger partial charge in [-0.05, 0) is 36.4 Å². The molecule has 0 fully saturated rings. The zero-order valence-electron chi connectivity index (χ0n) is 13.7. The Morgan fingerprint density at radius 1 is 0.654 bits per heavy atom. The third-order valence-electron chi connectivity index (χ3n) is 3.70. The zero-order valence-corrected chi connectivity index (χ0v) is 13.7. The molecule has 0 saturated heterocycles. The normalized spacial score (nSPS) is 11.9. The van der Waals surface area contributed by atoms with Gasteiger partial charge < -0.3 is 18.9 Å². The van der Waals surface area contributed by atoms with Gasteiger partial charge >= 0.3 is 12.3 Å². The number of ketones is 2. The highest BCUT2D eigenvalue weighted by molar-refractivity contribution is 6.28. The summed E-state index contributed by atoms with van der Waals surface area (Å²) in [6.45, 7) is 0. The standard InChI is InChI=1S/C18H12O8/c1-23-17(21)25-9-3-5-11-13(7-9)15(19)12-6-4-10(26-18(22)24-2)8-14(12)16(11)20/h3-8H,1-2H3. The minimum Gasteiger partial charge on any atom is -0.437 e. The molecule has 0 bridgehead atoms. The van der Waals surface area contributed by atoms with Gasteiger partial charge in [0.25, 0.3) is 0 Å². The predicted molar refractivity (Wildman–Crippen MR) is 85.8 cm³/mol. The van der Waals surface area contributed by atoms with Crippen LogP contribution in [0.5, 0.6) is 11.5 Å². The molecular formula is C18H12O8. The van der Waals surface area contributed by atoms with E-state index < -0.39 is 23.9 Å². The number of rotatable bonds is 2. The molecule has 0 unspecified atom stereocenters. The fraction of sp³-hybridized carbons (Fsp3) is 0.111. The van der Waals surface area contributed by atoms with Crippen molar-refractivity contribution in [2.75, 3.05) is 14.2 Å². The number of hydrogen-bond donors (Lipinski definition) is 0. The molecule has 2 aromatic carbocycles. The third kappa shape index (κ3) is 3.00. The lowest BCUT2D eigenvalue weighted by molar-refractivity contribution is 0.0977. The van der Waals surface area contributed by atoms with E-state index in [2.05, 4.69) is 9.47 Å². The lowest BCUT2D eigenvalue weighted by Gasteiger charge is -2.18. The summed E-state index contributed by atoms with van der Waals surface area (Å²) in [7, 11) is 2.30. The topological polar surface area (TPSA) is 105 Å². The van der Waals surface area contributed by atoms with Gasteiger partial charge in [-0.25, -0.2) is 9.59 Å². The molecule has 3 rings (SSSR count). The highest BCUT2D eigenvalue weighted by atomic mass is 16.7. The number of methoxy groups -OCH3 is 2. The van der Waals surface area contributed by atoms with E-state index in [-0.39, 0.29) is 33.8 Å². The Labute approximate surface area is 147 Å². The van der Waals surface area contributed by atoms with Crippen molar-refractivity contribution in [2.24, 2.45) is 0 Å². The van der Waals surface area contributed by atoms with E-state index in [0.717, 1.165) is 14.2 Å². The Hall–Kier alpha value is -3.68. The molecule has 0 heterocycles. The molecule has 8 heteroatoms. The summed E-state index contributed by atoms with van der Waals surface area (Å²) in [6.07, 6.45) is -1.88. The summed E-state index contributed by atoms with van der Waals surface area (Å²) in [6, 6.07) is 8.11. The van der Waals surface area contributed by atoms with Crippen LogP contribution in [0.3, 0.4) is 0 Å². The average molecular weight is 356 g/mol. The fourth-order valence-electron chi connectivity index (χ4n) is 2.51. The molecule has 1 aliphatic rings. The molecule has 8 nitrogen and oxygen atoms in total. The monoisotopic (exact) mass is 356 g/mol. The number of ether oxygens (including phenoxy) is 4. The van der Waals surface area contributed by atoms with Crippen molar-refractivity contribution in [2.45, 2.75) is 0 Å². The molecule has 132 valence electrons. The first-order valence-corrected chi connectivity index (χ1v) is 7.33. The van der Waals surface area contributed by atoms with Gasteiger partial charge in [0.05, 0.1) is 14.2 Å². The quantitative estimate of drug-likeness (QED) is 0.510. The van der Waals surface area contributed by atoms with E-state index in [1.54, 1.807) is 0 Å². The Morgan fingerprint density at radius 3 is 1.38 bits per heavy atom. The van der Waals surface area contributed by atoms with Crippen molar-refractivity contribution in [1.82, 2.24) is 0 Å². The second-order valence-electron chi connectivity index (χ2n) is 5.19. The van der Waals surface area contributed by atoms with Gasteiger partial charge in [0.2, 0.25) is 0 Å². The van der Waals surface area contributed by atoms with Crippen LogP contribution in [-0.4, -0.2) is 38.1 Å². The van der Waals surface area contributed by atoms with Gasteiger partial charge in [0.1, 0.15) is 11.5 Å². The highest BCUT2D eigenvalue weighted by Gasteiger charge is 2.31. The lowest BCUT2D eigenvalue weighted by atomic mass is 9.84. The maximum atomic E-state index is 12.7. The van der Waals surface area contributed by atoms with Crippen LogP contribution in [0.25, 0.3) is 0 Å². The molecule has 0 radical (unpaired) electrons. The van der Waals surface area contributed by atoms with Gasteiger partial charge in [-0.15, -0.1) is 0 Å². The van der Waals surface area contributed by atoms with E-state index >= 15 is 0 Å². The van der Waals surface area contributed by atoms with Crippen molar-refractivity contribution in [1.29, 1.82) is 0 Å². The largest absolute Gasteiger partial charge is 0.513 e. The predicted octanol–water partition coefficient (Wildman–Crippen LogP) is 2.75. The van der Waals surface area contributed by atoms with Crippen LogP contribution >= 0.6 is 0 Å². The maximum absolute atomic E-state index is 12.7. The van der Waals surface area contributed by atoms with Gasteiger partial charge in [-0.3, -0.25) is 9.59 Å². The molecule has 26 heavy (non-hydrogen) atoms. The van der Waals surface area contributed by atoms with Crippen LogP contribution in [0.15, 0.2) is 36.4 Å². The summed E-state index contributed by atoms with van der Waals surface area (Å²) < 4.78 is 18.5. The maximum Gasteiger partial charge on any atom is 0.513 e. The molecule has 0 aromatic heterocycles. The molecule has 0 atom stereocenters. The van der Waals surface area contributed by atoms with Gasteiger partial charge in [-0.1, -0.05) is 0 Å². The lowest BCUT2D eigenvalue weighted by Crippen LogP contribution is -2.21. The Bertz CT molecular complexity index is 867. The summed E-state index contributed by atoms with van der Waals surface area (Å²) >= 11 is 0. The van der Waals surface area contributed by atoms with Gasteiger partial charge in [-0.2, -0.15) is 0 Å². The molecule has 0 amide bonds. The third-order valence-corrected chi connectivity index (χ3v) is 3.70. The average Bonchev–Trinajstić information content (AvgIpc) is 2.65. The smallest absolute Gasteiger partial charge is 0.437 e. The summed E-state index contributed by atoms with van der Waals surface area (Å²) in [4.78, 5) is 47.8. The van der Waals surface area contributed by atoms with Crippen molar-refractivity contribution < 1.29 is 38.1 Å². The van der Waals surface area contributed by atoms with E-state index in [0.29, 0.717) is 0 Å². The van der Waals surface area contributed by atoms with E-state index in [1.807, 2.05) is 0 Å². The zero-order chi connectivity index (χ0) is 18.8. The highest BCUT2D eigenvalue weighted by Crippen LogP contribution is 2.32. The summed E-state index contributed by atoms with van der Waals surface area (Å²) in [5, 5.41) is 0. The van der Waals surface area contributed by atoms with Crippen molar-refractivity contribution in [3.63, 3.8) is 0 Å². The molecular weight excluding hydrogens is 344 g/mol. The number of hydrogen-bond acceptors (Lipinski definition) is 8. The molecule has 0 aliphatic heterocycles. The van der Waals surface area contributed by atoms with Crippen LogP contribution in [-0.2, 0) is 9.47 Å². The molecule has 0 saturated carbocycles. The van der Waals surface area contributed by atoms with Crippen LogP contribution in [0, 0.1) is 0 Å². The Morgan fingerprint density at radius 2 is 1.04 bits per heavy atom. The summed E-state index contributed by atoms with van der Waals surface area (Å²) in [5.41, 5.74) is 0.501. The Kier molecular flexibility index (Phi) is 4.40. The first-order chi connectivity index (χ1) is 12.4. The second-order valence-corrected chi connectivity index (χ2v) is 5.19. The molecule has 1 aliphatic carbocycles. The first kappa shape index (κ1) is 17.2. The van der Waals surface area contributed by atoms with Crippen molar-refractivity contribution >= 4 is 23.9 Å². The fourth-order valence-corrected chi connectivity index (χ4v) is 2.51. The van der Waals surface area contributed by atoms with Crippen LogP contribution in [0.1, 0.15) is 31.8 Å². The van der Waals surface area contributed by atoms with Gasteiger partial charge in [0.15, 0.2) is 11.6 Å². The van der Waals surface area contributed by atoms with Crippen molar-refractivity contribution in [3.8, 4) is 11.5 Å². The number of fused-ring (bicyclic) bond motifs is 2. The number of carbonyl (C=O) groups is 4. The number of benzene rings is 2. The van der Waals surface area contributed by atoms with Crippen LogP contribution in [0.2, 0.25) is 0 Å². The molecule has 2 aromatic rings. The number of carbonyl (C=O) groups excluding carboxylic acids is 4. The van der Waals surface area contributed by atoms with Gasteiger partial charge in [0, 0.05) is 22.3 Å². The molecule has 0 N–H and O–H groups in total. The minimum absolute atomic E-state index is 0.0749. The SMILES string of the molecule is COC(=O)Oc1ccc2c(c1)C(=O)c1ccc(OC(=O)OC)cc1C2=O. The Balaban J connectivity index is 1.99. The van der Waals surface area contributed by atoms with E-state index in [1.165, 1.54) is 36.4 Å². The minimum atomic E-state index is -0.940. The first-order valence-electron chi connectivity index (χ1n) is 7.33. The van der Waals surface area contributed by atoms with E-state index in [9.17, 15) is 19.2 Å². The van der Waals surface area contributed by atoms with Crippen molar-refractivity contribution in [3.05, 3.63) is 58.7 Å². The molecule has 0 spiro atoms.